The topological polar surface area (TPSA) is 0 Å². The lowest BCUT2D eigenvalue weighted by atomic mass is 10.1. The standard InChI is InChI=1S/C20H44P/c1-5-9-10-11-12-13-14-15-16-17-18-19-20-21(6-2,7-3)8-4/h5-20H2,1-4H3/q+1. The Hall–Kier alpha value is 0.430. The molecule has 0 bridgehead atoms. The van der Waals surface area contributed by atoms with Gasteiger partial charge in [0.25, 0.3) is 0 Å². The van der Waals surface area contributed by atoms with Crippen molar-refractivity contribution in [3.8, 4) is 0 Å². The van der Waals surface area contributed by atoms with Crippen LogP contribution in [0.4, 0.5) is 0 Å². The first kappa shape index (κ1) is 21.4. The molecule has 1 heteroatoms. The van der Waals surface area contributed by atoms with E-state index in [4.69, 9.17) is 0 Å². The molecule has 0 atom stereocenters. The van der Waals surface area contributed by atoms with Gasteiger partial charge in [0.1, 0.15) is 0 Å². The largest absolute Gasteiger partial charge is 0.0654 e. The lowest BCUT2D eigenvalue weighted by Crippen LogP contribution is -2.07. The maximum absolute atomic E-state index is 2.43. The third kappa shape index (κ3) is 11.6. The lowest BCUT2D eigenvalue weighted by molar-refractivity contribution is 0.548. The van der Waals surface area contributed by atoms with E-state index < -0.39 is 7.26 Å². The van der Waals surface area contributed by atoms with Crippen LogP contribution in [0.3, 0.4) is 0 Å². The molecule has 0 fully saturated rings. The number of hydrogen-bond donors (Lipinski definition) is 0. The Bertz CT molecular complexity index is 188. The van der Waals surface area contributed by atoms with Gasteiger partial charge in [-0.05, 0) is 33.6 Å². The molecule has 128 valence electrons. The zero-order chi connectivity index (χ0) is 15.8. The molecule has 0 spiro atoms. The first-order valence-corrected chi connectivity index (χ1v) is 12.6. The smallest absolute Gasteiger partial charge is 0.0594 e. The van der Waals surface area contributed by atoms with Gasteiger partial charge < -0.3 is 0 Å². The fourth-order valence-electron chi connectivity index (χ4n) is 3.43. The second kappa shape index (κ2) is 15.3. The second-order valence-corrected chi connectivity index (χ2v) is 11.9. The summed E-state index contributed by atoms with van der Waals surface area (Å²) in [6, 6.07) is 0. The van der Waals surface area contributed by atoms with Crippen LogP contribution in [0.1, 0.15) is 105 Å². The number of hydrogen-bond acceptors (Lipinski definition) is 0. The molecule has 0 nitrogen and oxygen atoms in total. The van der Waals surface area contributed by atoms with Crippen LogP contribution in [0.15, 0.2) is 0 Å². The minimum Gasteiger partial charge on any atom is -0.0654 e. The van der Waals surface area contributed by atoms with Gasteiger partial charge in [0.15, 0.2) is 0 Å². The first-order chi connectivity index (χ1) is 10.2. The molecule has 0 aliphatic heterocycles. The van der Waals surface area contributed by atoms with Crippen LogP contribution < -0.4 is 0 Å². The molecule has 0 aromatic heterocycles. The van der Waals surface area contributed by atoms with E-state index in [-0.39, 0.29) is 0 Å². The molecule has 0 unspecified atom stereocenters. The predicted octanol–water partition coefficient (Wildman–Crippen LogP) is 7.76. The number of unbranched alkanes of at least 4 members (excludes halogenated alkanes) is 11. The molecule has 0 aromatic rings. The van der Waals surface area contributed by atoms with Crippen molar-refractivity contribution in [3.63, 3.8) is 0 Å². The Morgan fingerprint density at radius 1 is 0.429 bits per heavy atom. The van der Waals surface area contributed by atoms with Crippen molar-refractivity contribution in [2.24, 2.45) is 0 Å². The molecule has 0 amide bonds. The highest BCUT2D eigenvalue weighted by molar-refractivity contribution is 7.75. The van der Waals surface area contributed by atoms with Gasteiger partial charge in [-0.3, -0.25) is 0 Å². The molecule has 0 saturated heterocycles. The molecule has 0 saturated carbocycles. The summed E-state index contributed by atoms with van der Waals surface area (Å²) in [5.41, 5.74) is 0. The third-order valence-electron chi connectivity index (χ3n) is 5.50. The third-order valence-corrected chi connectivity index (χ3v) is 10.8. The van der Waals surface area contributed by atoms with Crippen LogP contribution in [-0.2, 0) is 0 Å². The van der Waals surface area contributed by atoms with Gasteiger partial charge in [-0.1, -0.05) is 71.1 Å². The normalized spacial score (nSPS) is 12.0. The summed E-state index contributed by atoms with van der Waals surface area (Å²) in [5, 5.41) is 0. The Morgan fingerprint density at radius 2 is 0.762 bits per heavy atom. The Kier molecular flexibility index (Phi) is 15.6. The molecular weight excluding hydrogens is 271 g/mol. The zero-order valence-electron chi connectivity index (χ0n) is 15.8. The van der Waals surface area contributed by atoms with E-state index in [1.54, 1.807) is 6.16 Å². The van der Waals surface area contributed by atoms with Crippen LogP contribution in [0.25, 0.3) is 0 Å². The van der Waals surface area contributed by atoms with Crippen LogP contribution >= 0.6 is 7.26 Å². The van der Waals surface area contributed by atoms with E-state index in [1.165, 1.54) is 95.5 Å². The van der Waals surface area contributed by atoms with Gasteiger partial charge in [0.2, 0.25) is 0 Å². The minimum absolute atomic E-state index is 0.519. The highest BCUT2D eigenvalue weighted by atomic mass is 31.2. The summed E-state index contributed by atoms with van der Waals surface area (Å²) in [7, 11) is -0.519. The fraction of sp³-hybridized carbons (Fsp3) is 1.00. The monoisotopic (exact) mass is 315 g/mol. The molecule has 21 heavy (non-hydrogen) atoms. The lowest BCUT2D eigenvalue weighted by Gasteiger charge is -2.23. The maximum Gasteiger partial charge on any atom is 0.0594 e. The molecule has 0 N–H and O–H groups in total. The predicted molar refractivity (Wildman–Crippen MR) is 104 cm³/mol. The SMILES string of the molecule is CCCCCCCCCCCCCC[P+](CC)(CC)CC. The van der Waals surface area contributed by atoms with Crippen LogP contribution in [0.5, 0.6) is 0 Å². The Balaban J connectivity index is 3.29. The van der Waals surface area contributed by atoms with Crippen molar-refractivity contribution in [2.45, 2.75) is 105 Å². The Labute approximate surface area is 137 Å². The van der Waals surface area contributed by atoms with E-state index >= 15 is 0 Å². The van der Waals surface area contributed by atoms with Gasteiger partial charge in [0, 0.05) is 7.26 Å². The Morgan fingerprint density at radius 3 is 1.10 bits per heavy atom. The van der Waals surface area contributed by atoms with Crippen molar-refractivity contribution in [2.75, 3.05) is 24.6 Å². The fourth-order valence-corrected chi connectivity index (χ4v) is 6.62. The van der Waals surface area contributed by atoms with Crippen LogP contribution in [-0.4, -0.2) is 24.6 Å². The highest BCUT2D eigenvalue weighted by Gasteiger charge is 2.29. The van der Waals surface area contributed by atoms with Gasteiger partial charge in [0.05, 0.1) is 24.6 Å². The van der Waals surface area contributed by atoms with Gasteiger partial charge in [-0.2, -0.15) is 0 Å². The zero-order valence-corrected chi connectivity index (χ0v) is 16.7. The number of rotatable bonds is 16. The van der Waals surface area contributed by atoms with Gasteiger partial charge >= 0.3 is 0 Å². The molecule has 0 heterocycles. The molecule has 0 rings (SSSR count). The van der Waals surface area contributed by atoms with Crippen LogP contribution in [0.2, 0.25) is 0 Å². The molecule has 0 aromatic carbocycles. The van der Waals surface area contributed by atoms with Crippen molar-refractivity contribution >= 4 is 7.26 Å². The van der Waals surface area contributed by atoms with Crippen molar-refractivity contribution in [3.05, 3.63) is 0 Å². The molecule has 0 radical (unpaired) electrons. The maximum atomic E-state index is 2.43. The summed E-state index contributed by atoms with van der Waals surface area (Å²) in [6.45, 7) is 9.59. The summed E-state index contributed by atoms with van der Waals surface area (Å²) < 4.78 is 0. The van der Waals surface area contributed by atoms with E-state index in [1.807, 2.05) is 0 Å². The van der Waals surface area contributed by atoms with E-state index in [0.29, 0.717) is 0 Å². The summed E-state index contributed by atoms with van der Waals surface area (Å²) >= 11 is 0. The van der Waals surface area contributed by atoms with Crippen LogP contribution in [0, 0.1) is 0 Å². The molecule has 0 aliphatic rings. The quantitative estimate of drug-likeness (QED) is 0.201. The minimum atomic E-state index is -0.519. The summed E-state index contributed by atoms with van der Waals surface area (Å²) in [4.78, 5) is 0. The average molecular weight is 316 g/mol. The van der Waals surface area contributed by atoms with Crippen molar-refractivity contribution in [1.29, 1.82) is 0 Å². The summed E-state index contributed by atoms with van der Waals surface area (Å²) in [5.74, 6) is 0. The molecule has 0 aliphatic carbocycles. The summed E-state index contributed by atoms with van der Waals surface area (Å²) in [6.07, 6.45) is 23.7. The van der Waals surface area contributed by atoms with E-state index in [2.05, 4.69) is 27.7 Å². The van der Waals surface area contributed by atoms with E-state index in [0.717, 1.165) is 0 Å². The van der Waals surface area contributed by atoms with E-state index in [9.17, 15) is 0 Å². The highest BCUT2D eigenvalue weighted by Crippen LogP contribution is 2.58. The van der Waals surface area contributed by atoms with Crippen molar-refractivity contribution < 1.29 is 0 Å². The first-order valence-electron chi connectivity index (χ1n) is 10.1. The van der Waals surface area contributed by atoms with Crippen molar-refractivity contribution in [1.82, 2.24) is 0 Å². The molecular formula is C20H44P+. The van der Waals surface area contributed by atoms with Gasteiger partial charge in [-0.25, -0.2) is 0 Å². The second-order valence-electron chi connectivity index (χ2n) is 6.90. The van der Waals surface area contributed by atoms with Gasteiger partial charge in [-0.15, -0.1) is 0 Å². The average Bonchev–Trinajstić information content (AvgIpc) is 2.53.